The van der Waals surface area contributed by atoms with Crippen molar-refractivity contribution in [3.05, 3.63) is 54.1 Å². The molecule has 2 heteroatoms. The van der Waals surface area contributed by atoms with Crippen LogP contribution < -0.4 is 0 Å². The van der Waals surface area contributed by atoms with Crippen LogP contribution in [0.4, 0.5) is 4.39 Å². The van der Waals surface area contributed by atoms with Crippen LogP contribution in [0, 0.1) is 5.82 Å². The van der Waals surface area contributed by atoms with Crippen molar-refractivity contribution in [2.45, 2.75) is 19.8 Å². The molecule has 0 aliphatic rings. The molecular weight excluding hydrogens is 201 g/mol. The molecule has 0 radical (unpaired) electrons. The highest BCUT2D eigenvalue weighted by Gasteiger charge is 2.07. The van der Waals surface area contributed by atoms with Gasteiger partial charge in [-0.05, 0) is 41.3 Å². The van der Waals surface area contributed by atoms with E-state index in [1.165, 1.54) is 6.07 Å². The van der Waals surface area contributed by atoms with Gasteiger partial charge < -0.3 is 0 Å². The molecule has 0 atom stereocenters. The number of hydrogen-bond donors (Lipinski definition) is 0. The topological polar surface area (TPSA) is 12.9 Å². The molecule has 0 bridgehead atoms. The Hall–Kier alpha value is -1.70. The minimum absolute atomic E-state index is 0.185. The number of rotatable bonds is 2. The van der Waals surface area contributed by atoms with Crippen LogP contribution >= 0.6 is 0 Å². The summed E-state index contributed by atoms with van der Waals surface area (Å²) in [6.45, 7) is 4.20. The molecule has 0 N–H and O–H groups in total. The smallest absolute Gasteiger partial charge is 0.131 e. The maximum atomic E-state index is 13.7. The van der Waals surface area contributed by atoms with Crippen molar-refractivity contribution in [3.63, 3.8) is 0 Å². The second-order valence-corrected chi connectivity index (χ2v) is 4.13. The Morgan fingerprint density at radius 2 is 1.75 bits per heavy atom. The molecule has 0 aliphatic carbocycles. The first-order chi connectivity index (χ1) is 7.68. The van der Waals surface area contributed by atoms with Crippen molar-refractivity contribution in [2.75, 3.05) is 0 Å². The molecule has 0 unspecified atom stereocenters. The first-order valence-electron chi connectivity index (χ1n) is 5.38. The Balaban J connectivity index is 2.52. The molecule has 2 rings (SSSR count). The van der Waals surface area contributed by atoms with Crippen molar-refractivity contribution in [1.29, 1.82) is 0 Å². The summed E-state index contributed by atoms with van der Waals surface area (Å²) in [6.07, 6.45) is 3.35. The van der Waals surface area contributed by atoms with E-state index in [-0.39, 0.29) is 5.82 Å². The van der Waals surface area contributed by atoms with Crippen LogP contribution in [-0.4, -0.2) is 4.98 Å². The molecule has 82 valence electrons. The third-order valence-electron chi connectivity index (χ3n) is 2.65. The van der Waals surface area contributed by atoms with E-state index in [2.05, 4.69) is 18.8 Å². The van der Waals surface area contributed by atoms with Crippen molar-refractivity contribution in [2.24, 2.45) is 0 Å². The average molecular weight is 215 g/mol. The van der Waals surface area contributed by atoms with Gasteiger partial charge in [0.05, 0.1) is 0 Å². The van der Waals surface area contributed by atoms with Crippen molar-refractivity contribution >= 4 is 0 Å². The third kappa shape index (κ3) is 2.11. The fourth-order valence-electron chi connectivity index (χ4n) is 1.65. The predicted molar refractivity (Wildman–Crippen MR) is 63.7 cm³/mol. The zero-order valence-corrected chi connectivity index (χ0v) is 9.44. The Morgan fingerprint density at radius 1 is 1.06 bits per heavy atom. The molecule has 0 saturated carbocycles. The van der Waals surface area contributed by atoms with Gasteiger partial charge in [0.2, 0.25) is 0 Å². The van der Waals surface area contributed by atoms with Gasteiger partial charge in [-0.2, -0.15) is 0 Å². The zero-order valence-electron chi connectivity index (χ0n) is 9.44. The highest BCUT2D eigenvalue weighted by atomic mass is 19.1. The molecular formula is C14H14FN. The normalized spacial score (nSPS) is 10.8. The predicted octanol–water partition coefficient (Wildman–Crippen LogP) is 4.01. The Labute approximate surface area is 95.0 Å². The van der Waals surface area contributed by atoms with E-state index in [0.29, 0.717) is 11.5 Å². The van der Waals surface area contributed by atoms with Gasteiger partial charge in [0.1, 0.15) is 5.82 Å². The molecule has 1 heterocycles. The number of benzene rings is 1. The van der Waals surface area contributed by atoms with Gasteiger partial charge in [-0.1, -0.05) is 19.9 Å². The van der Waals surface area contributed by atoms with Crippen molar-refractivity contribution in [3.8, 4) is 11.1 Å². The van der Waals surface area contributed by atoms with Gasteiger partial charge in [-0.25, -0.2) is 4.39 Å². The van der Waals surface area contributed by atoms with Crippen LogP contribution in [0.2, 0.25) is 0 Å². The highest BCUT2D eigenvalue weighted by molar-refractivity contribution is 5.64. The maximum Gasteiger partial charge on any atom is 0.131 e. The van der Waals surface area contributed by atoms with E-state index in [1.807, 2.05) is 24.3 Å². The summed E-state index contributed by atoms with van der Waals surface area (Å²) in [5.74, 6) is 0.219. The lowest BCUT2D eigenvalue weighted by Gasteiger charge is -2.09. The molecule has 1 aromatic heterocycles. The first kappa shape index (κ1) is 10.8. The Morgan fingerprint density at radius 3 is 2.38 bits per heavy atom. The molecule has 0 amide bonds. The van der Waals surface area contributed by atoms with Gasteiger partial charge in [0, 0.05) is 18.0 Å². The van der Waals surface area contributed by atoms with Crippen molar-refractivity contribution in [1.82, 2.24) is 4.98 Å². The number of halogens is 1. The van der Waals surface area contributed by atoms with Crippen LogP contribution in [0.25, 0.3) is 11.1 Å². The van der Waals surface area contributed by atoms with Gasteiger partial charge in [-0.3, -0.25) is 4.98 Å². The fourth-order valence-corrected chi connectivity index (χ4v) is 1.65. The number of pyridine rings is 1. The van der Waals surface area contributed by atoms with Crippen LogP contribution in [0.15, 0.2) is 42.7 Å². The quantitative estimate of drug-likeness (QED) is 0.737. The van der Waals surface area contributed by atoms with E-state index in [4.69, 9.17) is 0 Å². The monoisotopic (exact) mass is 215 g/mol. The van der Waals surface area contributed by atoms with Crippen LogP contribution in [0.1, 0.15) is 25.3 Å². The maximum absolute atomic E-state index is 13.7. The summed E-state index contributed by atoms with van der Waals surface area (Å²) < 4.78 is 13.7. The largest absolute Gasteiger partial charge is 0.265 e. The van der Waals surface area contributed by atoms with Gasteiger partial charge in [0.25, 0.3) is 0 Å². The minimum atomic E-state index is -0.185. The lowest BCUT2D eigenvalue weighted by molar-refractivity contribution is 0.630. The summed E-state index contributed by atoms with van der Waals surface area (Å²) in [6, 6.07) is 8.93. The molecule has 0 aliphatic heterocycles. The second-order valence-electron chi connectivity index (χ2n) is 4.13. The fraction of sp³-hybridized carbons (Fsp3) is 0.214. The van der Waals surface area contributed by atoms with E-state index in [1.54, 1.807) is 12.4 Å². The van der Waals surface area contributed by atoms with E-state index < -0.39 is 0 Å². The van der Waals surface area contributed by atoms with Crippen LogP contribution in [-0.2, 0) is 0 Å². The molecule has 1 aromatic carbocycles. The summed E-state index contributed by atoms with van der Waals surface area (Å²) in [4.78, 5) is 3.94. The first-order valence-corrected chi connectivity index (χ1v) is 5.38. The number of nitrogens with zero attached hydrogens (tertiary/aromatic N) is 1. The average Bonchev–Trinajstić information content (AvgIpc) is 2.30. The lowest BCUT2D eigenvalue weighted by Crippen LogP contribution is -1.91. The molecule has 0 spiro atoms. The Kier molecular flexibility index (Phi) is 3.00. The highest BCUT2D eigenvalue weighted by Crippen LogP contribution is 2.26. The van der Waals surface area contributed by atoms with Crippen LogP contribution in [0.5, 0.6) is 0 Å². The Bertz CT molecular complexity index is 477. The molecule has 0 saturated heterocycles. The molecule has 16 heavy (non-hydrogen) atoms. The number of aromatic nitrogens is 1. The minimum Gasteiger partial charge on any atom is -0.265 e. The van der Waals surface area contributed by atoms with Crippen molar-refractivity contribution < 1.29 is 4.39 Å². The van der Waals surface area contributed by atoms with Gasteiger partial charge >= 0.3 is 0 Å². The van der Waals surface area contributed by atoms with Gasteiger partial charge in [0.15, 0.2) is 0 Å². The summed E-state index contributed by atoms with van der Waals surface area (Å²) in [5.41, 5.74) is 2.66. The standard InChI is InChI=1S/C14H14FN/c1-10(2)12-3-4-14(15)13(9-12)11-5-7-16-8-6-11/h3-10H,1-2H3. The molecule has 0 fully saturated rings. The third-order valence-corrected chi connectivity index (χ3v) is 2.65. The van der Waals surface area contributed by atoms with E-state index >= 15 is 0 Å². The second kappa shape index (κ2) is 4.44. The summed E-state index contributed by atoms with van der Waals surface area (Å²) in [7, 11) is 0. The summed E-state index contributed by atoms with van der Waals surface area (Å²) in [5, 5.41) is 0. The van der Waals surface area contributed by atoms with E-state index in [9.17, 15) is 4.39 Å². The SMILES string of the molecule is CC(C)c1ccc(F)c(-c2ccncc2)c1. The summed E-state index contributed by atoms with van der Waals surface area (Å²) >= 11 is 0. The van der Waals surface area contributed by atoms with Crippen LogP contribution in [0.3, 0.4) is 0 Å². The zero-order chi connectivity index (χ0) is 11.5. The molecule has 2 aromatic rings. The molecule has 1 nitrogen and oxygen atoms in total. The van der Waals surface area contributed by atoms with E-state index in [0.717, 1.165) is 11.1 Å². The van der Waals surface area contributed by atoms with Gasteiger partial charge in [-0.15, -0.1) is 0 Å². The number of hydrogen-bond acceptors (Lipinski definition) is 1. The lowest BCUT2D eigenvalue weighted by atomic mass is 9.97.